The number of hydrogen-bond acceptors (Lipinski definition) is 5. The third kappa shape index (κ3) is 4.74. The number of methoxy groups -OCH3 is 1. The average Bonchev–Trinajstić information content (AvgIpc) is 2.58. The third-order valence-corrected chi connectivity index (χ3v) is 3.85. The Kier molecular flexibility index (Phi) is 6.44. The number of nitro groups is 1. The molecule has 0 aliphatic carbocycles. The van der Waals surface area contributed by atoms with E-state index in [9.17, 15) is 14.9 Å². The maximum atomic E-state index is 12.1. The minimum absolute atomic E-state index is 0.0254. The van der Waals surface area contributed by atoms with E-state index in [1.165, 1.54) is 25.3 Å². The van der Waals surface area contributed by atoms with E-state index in [1.807, 2.05) is 0 Å². The van der Waals surface area contributed by atoms with Crippen molar-refractivity contribution in [3.05, 3.63) is 62.1 Å². The number of nitrogens with one attached hydrogen (secondary N) is 2. The lowest BCUT2D eigenvalue weighted by Gasteiger charge is -2.10. The van der Waals surface area contributed by atoms with Crippen LogP contribution in [0.5, 0.6) is 5.75 Å². The van der Waals surface area contributed by atoms with Crippen LogP contribution in [-0.2, 0) is 0 Å². The Morgan fingerprint density at radius 3 is 2.44 bits per heavy atom. The Bertz CT molecular complexity index is 776. The van der Waals surface area contributed by atoms with Crippen molar-refractivity contribution in [1.82, 2.24) is 5.32 Å². The third-order valence-electron chi connectivity index (χ3n) is 3.29. The molecule has 1 amide bonds. The second kappa shape index (κ2) is 8.55. The van der Waals surface area contributed by atoms with Crippen LogP contribution in [0, 0.1) is 10.1 Å². The molecule has 9 heteroatoms. The van der Waals surface area contributed by atoms with E-state index >= 15 is 0 Å². The highest BCUT2D eigenvalue weighted by Gasteiger charge is 2.14. The molecular weight excluding hydrogens is 369 g/mol. The molecule has 0 spiro atoms. The second-order valence-corrected chi connectivity index (χ2v) is 5.74. The zero-order chi connectivity index (χ0) is 18.4. The summed E-state index contributed by atoms with van der Waals surface area (Å²) in [6.07, 6.45) is 0. The topological polar surface area (TPSA) is 93.5 Å². The molecule has 0 aliphatic rings. The molecule has 7 nitrogen and oxygen atoms in total. The lowest BCUT2D eigenvalue weighted by molar-refractivity contribution is -0.384. The molecule has 2 rings (SSSR count). The van der Waals surface area contributed by atoms with Gasteiger partial charge in [-0.25, -0.2) is 0 Å². The van der Waals surface area contributed by atoms with Gasteiger partial charge in [0, 0.05) is 24.7 Å². The summed E-state index contributed by atoms with van der Waals surface area (Å²) < 4.78 is 5.03. The van der Waals surface area contributed by atoms with Gasteiger partial charge in [0.1, 0.15) is 5.69 Å². The fourth-order valence-electron chi connectivity index (χ4n) is 2.14. The summed E-state index contributed by atoms with van der Waals surface area (Å²) >= 11 is 12.0. The molecule has 0 saturated heterocycles. The minimum atomic E-state index is -0.470. The van der Waals surface area contributed by atoms with Gasteiger partial charge < -0.3 is 15.4 Å². The molecule has 2 aromatic carbocycles. The van der Waals surface area contributed by atoms with Gasteiger partial charge in [0.05, 0.1) is 22.1 Å². The molecule has 0 aromatic heterocycles. The first kappa shape index (κ1) is 18.8. The van der Waals surface area contributed by atoms with Crippen LogP contribution in [0.25, 0.3) is 0 Å². The standard InChI is InChI=1S/C16H15Cl2N3O4/c1-25-15-11(17)8-10(9-12(15)18)16(22)20-7-6-19-13-4-2-3-5-14(13)21(23)24/h2-5,8-9,19H,6-7H2,1H3,(H,20,22). The molecule has 0 saturated carbocycles. The Balaban J connectivity index is 1.92. The predicted molar refractivity (Wildman–Crippen MR) is 96.9 cm³/mol. The maximum Gasteiger partial charge on any atom is 0.292 e. The number of rotatable bonds is 7. The van der Waals surface area contributed by atoms with E-state index in [4.69, 9.17) is 27.9 Å². The number of ether oxygens (including phenoxy) is 1. The highest BCUT2D eigenvalue weighted by molar-refractivity contribution is 6.37. The van der Waals surface area contributed by atoms with Crippen LogP contribution in [-0.4, -0.2) is 31.0 Å². The number of anilines is 1. The van der Waals surface area contributed by atoms with Crippen LogP contribution >= 0.6 is 23.2 Å². The average molecular weight is 384 g/mol. The van der Waals surface area contributed by atoms with Crippen molar-refractivity contribution in [1.29, 1.82) is 0 Å². The maximum absolute atomic E-state index is 12.1. The summed E-state index contributed by atoms with van der Waals surface area (Å²) in [5.74, 6) is -0.0613. The SMILES string of the molecule is COc1c(Cl)cc(C(=O)NCCNc2ccccc2[N+](=O)[O-])cc1Cl. The van der Waals surface area contributed by atoms with Crippen LogP contribution in [0.2, 0.25) is 10.0 Å². The van der Waals surface area contributed by atoms with Crippen molar-refractivity contribution < 1.29 is 14.5 Å². The van der Waals surface area contributed by atoms with Crippen LogP contribution in [0.15, 0.2) is 36.4 Å². The molecular formula is C16H15Cl2N3O4. The normalized spacial score (nSPS) is 10.2. The summed E-state index contributed by atoms with van der Waals surface area (Å²) in [5, 5.41) is 17.0. The summed E-state index contributed by atoms with van der Waals surface area (Å²) in [7, 11) is 1.43. The lowest BCUT2D eigenvalue weighted by Crippen LogP contribution is -2.28. The molecule has 25 heavy (non-hydrogen) atoms. The summed E-state index contributed by atoms with van der Waals surface area (Å²) in [6.45, 7) is 0.570. The predicted octanol–water partition coefficient (Wildman–Crippen LogP) is 3.75. The first-order chi connectivity index (χ1) is 11.9. The van der Waals surface area contributed by atoms with E-state index in [1.54, 1.807) is 18.2 Å². The fourth-order valence-corrected chi connectivity index (χ4v) is 2.78. The first-order valence-electron chi connectivity index (χ1n) is 7.22. The monoisotopic (exact) mass is 383 g/mol. The number of benzene rings is 2. The first-order valence-corrected chi connectivity index (χ1v) is 7.98. The highest BCUT2D eigenvalue weighted by Crippen LogP contribution is 2.33. The quantitative estimate of drug-likeness (QED) is 0.431. The molecule has 0 aliphatic heterocycles. The molecule has 2 aromatic rings. The smallest absolute Gasteiger partial charge is 0.292 e. The number of para-hydroxylation sites is 2. The number of halogens is 2. The van der Waals surface area contributed by atoms with Crippen LogP contribution in [0.1, 0.15) is 10.4 Å². The van der Waals surface area contributed by atoms with Gasteiger partial charge in [0.2, 0.25) is 0 Å². The van der Waals surface area contributed by atoms with Crippen LogP contribution < -0.4 is 15.4 Å². The van der Waals surface area contributed by atoms with Crippen molar-refractivity contribution in [2.24, 2.45) is 0 Å². The zero-order valence-corrected chi connectivity index (χ0v) is 14.7. The van der Waals surface area contributed by atoms with Gasteiger partial charge >= 0.3 is 0 Å². The van der Waals surface area contributed by atoms with Crippen molar-refractivity contribution in [2.75, 3.05) is 25.5 Å². The Hall–Kier alpha value is -2.51. The number of amides is 1. The van der Waals surface area contributed by atoms with E-state index in [-0.39, 0.29) is 28.2 Å². The number of nitrogens with zero attached hydrogens (tertiary/aromatic N) is 1. The number of hydrogen-bond donors (Lipinski definition) is 2. The largest absolute Gasteiger partial charge is 0.494 e. The van der Waals surface area contributed by atoms with Gasteiger partial charge in [-0.1, -0.05) is 35.3 Å². The number of carbonyl (C=O) groups excluding carboxylic acids is 1. The van der Waals surface area contributed by atoms with Crippen molar-refractivity contribution >= 4 is 40.5 Å². The fraction of sp³-hybridized carbons (Fsp3) is 0.188. The molecule has 2 N–H and O–H groups in total. The van der Waals surface area contributed by atoms with E-state index < -0.39 is 4.92 Å². The van der Waals surface area contributed by atoms with E-state index in [2.05, 4.69) is 10.6 Å². The van der Waals surface area contributed by atoms with Gasteiger partial charge in [-0.15, -0.1) is 0 Å². The summed E-state index contributed by atoms with van der Waals surface area (Å²) in [5.41, 5.74) is 0.654. The Morgan fingerprint density at radius 2 is 1.84 bits per heavy atom. The highest BCUT2D eigenvalue weighted by atomic mass is 35.5. The van der Waals surface area contributed by atoms with Gasteiger partial charge in [0.25, 0.3) is 11.6 Å². The molecule has 0 unspecified atom stereocenters. The van der Waals surface area contributed by atoms with Gasteiger partial charge in [-0.05, 0) is 18.2 Å². The van der Waals surface area contributed by atoms with E-state index in [0.29, 0.717) is 23.5 Å². The summed E-state index contributed by atoms with van der Waals surface area (Å²) in [4.78, 5) is 22.6. The van der Waals surface area contributed by atoms with E-state index in [0.717, 1.165) is 0 Å². The zero-order valence-electron chi connectivity index (χ0n) is 13.2. The molecule has 0 radical (unpaired) electrons. The second-order valence-electron chi connectivity index (χ2n) is 4.93. The van der Waals surface area contributed by atoms with Gasteiger partial charge in [-0.2, -0.15) is 0 Å². The molecule has 0 atom stereocenters. The minimum Gasteiger partial charge on any atom is -0.494 e. The molecule has 0 fully saturated rings. The summed E-state index contributed by atoms with van der Waals surface area (Å²) in [6, 6.07) is 9.19. The van der Waals surface area contributed by atoms with Crippen LogP contribution in [0.4, 0.5) is 11.4 Å². The Morgan fingerprint density at radius 1 is 1.20 bits per heavy atom. The number of nitro benzene ring substituents is 1. The Labute approximate surface area is 154 Å². The van der Waals surface area contributed by atoms with Gasteiger partial charge in [0.15, 0.2) is 5.75 Å². The van der Waals surface area contributed by atoms with Gasteiger partial charge in [-0.3, -0.25) is 14.9 Å². The van der Waals surface area contributed by atoms with Crippen molar-refractivity contribution in [2.45, 2.75) is 0 Å². The molecule has 0 heterocycles. The lowest BCUT2D eigenvalue weighted by atomic mass is 10.2. The van der Waals surface area contributed by atoms with Crippen molar-refractivity contribution in [3.63, 3.8) is 0 Å². The number of carbonyl (C=O) groups is 1. The van der Waals surface area contributed by atoms with Crippen LogP contribution in [0.3, 0.4) is 0 Å². The molecule has 0 bridgehead atoms. The molecule has 132 valence electrons. The van der Waals surface area contributed by atoms with Crippen molar-refractivity contribution in [3.8, 4) is 5.75 Å².